The van der Waals surface area contributed by atoms with Crippen LogP contribution in [-0.2, 0) is 19.6 Å². The number of ether oxygens (including phenoxy) is 1. The van der Waals surface area contributed by atoms with Gasteiger partial charge in [-0.15, -0.1) is 0 Å². The lowest BCUT2D eigenvalue weighted by atomic mass is 10.2. The summed E-state index contributed by atoms with van der Waals surface area (Å²) in [5.74, 6) is -1.04. The first kappa shape index (κ1) is 23.9. The van der Waals surface area contributed by atoms with E-state index in [-0.39, 0.29) is 74.7 Å². The predicted molar refractivity (Wildman–Crippen MR) is 111 cm³/mol. The molecule has 0 fully saturated rings. The second kappa shape index (κ2) is 11.1. The van der Waals surface area contributed by atoms with Crippen LogP contribution in [0.25, 0.3) is 0 Å². The first-order chi connectivity index (χ1) is 14.2. The number of sulfonamides is 1. The summed E-state index contributed by atoms with van der Waals surface area (Å²) in [5.41, 5.74) is 0.279. The van der Waals surface area contributed by atoms with Gasteiger partial charge in [0.25, 0.3) is 5.91 Å². The van der Waals surface area contributed by atoms with E-state index in [0.717, 1.165) is 0 Å². The molecule has 0 radical (unpaired) electrons. The van der Waals surface area contributed by atoms with Gasteiger partial charge >= 0.3 is 0 Å². The largest absolute Gasteiger partial charge is 0.491 e. The van der Waals surface area contributed by atoms with Crippen LogP contribution in [0.15, 0.2) is 18.2 Å². The maximum Gasteiger partial charge on any atom is 0.255 e. The van der Waals surface area contributed by atoms with Crippen molar-refractivity contribution in [3.63, 3.8) is 0 Å². The van der Waals surface area contributed by atoms with Crippen LogP contribution < -0.4 is 20.5 Å². The molecule has 0 unspecified atom stereocenters. The average Bonchev–Trinajstić information content (AvgIpc) is 2.66. The number of carbonyl (C=O) groups is 3. The summed E-state index contributed by atoms with van der Waals surface area (Å²) in [6.45, 7) is 0.606. The Balaban J connectivity index is 2.03. The summed E-state index contributed by atoms with van der Waals surface area (Å²) in [7, 11) is -3.66. The van der Waals surface area contributed by atoms with E-state index in [9.17, 15) is 22.8 Å². The Morgan fingerprint density at radius 1 is 1.23 bits per heavy atom. The minimum absolute atomic E-state index is 0.0505. The fourth-order valence-corrected chi connectivity index (χ4v) is 3.55. The Labute approximate surface area is 180 Å². The summed E-state index contributed by atoms with van der Waals surface area (Å²) in [6.07, 6.45) is 0.416. The molecule has 10 nitrogen and oxygen atoms in total. The molecule has 0 atom stereocenters. The fraction of sp³-hybridized carbons (Fsp3) is 0.500. The highest BCUT2D eigenvalue weighted by atomic mass is 35.5. The summed E-state index contributed by atoms with van der Waals surface area (Å²) >= 11 is 5.98. The lowest BCUT2D eigenvalue weighted by Gasteiger charge is -2.23. The van der Waals surface area contributed by atoms with E-state index in [1.807, 2.05) is 0 Å². The van der Waals surface area contributed by atoms with Gasteiger partial charge in [0.2, 0.25) is 21.8 Å². The van der Waals surface area contributed by atoms with E-state index in [4.69, 9.17) is 21.5 Å². The van der Waals surface area contributed by atoms with E-state index in [0.29, 0.717) is 17.2 Å². The zero-order valence-corrected chi connectivity index (χ0v) is 17.9. The Morgan fingerprint density at radius 3 is 2.73 bits per heavy atom. The molecule has 0 aromatic heterocycles. The van der Waals surface area contributed by atoms with Crippen molar-refractivity contribution in [2.45, 2.75) is 19.3 Å². The van der Waals surface area contributed by atoms with Crippen molar-refractivity contribution >= 4 is 39.3 Å². The molecule has 1 aromatic rings. The number of benzene rings is 1. The standard InChI is InChI=1S/C18H25ClN4O6S/c19-13-4-5-15-14(11-13)18(26)22-6-2-8-23(12-16(24)21-7-9-29-15)17(25)3-1-10-30(20,27)28/h4-5,11H,1-3,6-10,12H2,(H,21,24)(H,22,26)(H2,20,27,28). The van der Waals surface area contributed by atoms with Gasteiger partial charge in [0.05, 0.1) is 24.4 Å². The highest BCUT2D eigenvalue weighted by Gasteiger charge is 2.19. The molecule has 0 bridgehead atoms. The molecule has 166 valence electrons. The average molecular weight is 461 g/mol. The first-order valence-electron chi connectivity index (χ1n) is 9.41. The van der Waals surface area contributed by atoms with E-state index in [2.05, 4.69) is 10.6 Å². The number of carbonyl (C=O) groups excluding carboxylic acids is 3. The minimum Gasteiger partial charge on any atom is -0.491 e. The third kappa shape index (κ3) is 8.17. The van der Waals surface area contributed by atoms with Crippen molar-refractivity contribution < 1.29 is 27.5 Å². The molecular weight excluding hydrogens is 436 g/mol. The monoisotopic (exact) mass is 460 g/mol. The van der Waals surface area contributed by atoms with Gasteiger partial charge in [-0.2, -0.15) is 0 Å². The van der Waals surface area contributed by atoms with Crippen molar-refractivity contribution in [3.8, 4) is 5.75 Å². The van der Waals surface area contributed by atoms with Crippen LogP contribution in [0.2, 0.25) is 5.02 Å². The molecular formula is C18H25ClN4O6S. The van der Waals surface area contributed by atoms with Crippen LogP contribution in [0.1, 0.15) is 29.6 Å². The summed E-state index contributed by atoms with van der Waals surface area (Å²) in [4.78, 5) is 38.4. The molecule has 1 aromatic carbocycles. The smallest absolute Gasteiger partial charge is 0.255 e. The Kier molecular flexibility index (Phi) is 8.88. The van der Waals surface area contributed by atoms with Gasteiger partial charge < -0.3 is 20.3 Å². The summed E-state index contributed by atoms with van der Waals surface area (Å²) < 4.78 is 27.6. The van der Waals surface area contributed by atoms with Gasteiger partial charge in [0.15, 0.2) is 0 Å². The lowest BCUT2D eigenvalue weighted by molar-refractivity contribution is -0.136. The fourth-order valence-electron chi connectivity index (χ4n) is 2.83. The molecule has 0 aliphatic carbocycles. The van der Waals surface area contributed by atoms with Gasteiger partial charge in [-0.05, 0) is 31.0 Å². The molecule has 1 aliphatic rings. The number of halogens is 1. The lowest BCUT2D eigenvalue weighted by Crippen LogP contribution is -2.43. The van der Waals surface area contributed by atoms with Crippen LogP contribution in [0.3, 0.4) is 0 Å². The number of hydrogen-bond acceptors (Lipinski definition) is 6. The molecule has 0 saturated carbocycles. The number of primary sulfonamides is 1. The number of rotatable bonds is 4. The van der Waals surface area contributed by atoms with Gasteiger partial charge in [0, 0.05) is 24.5 Å². The summed E-state index contributed by atoms with van der Waals surface area (Å²) in [5, 5.41) is 10.7. The zero-order chi connectivity index (χ0) is 22.1. The SMILES string of the molecule is NS(=O)(=O)CCCC(=O)N1CCCNC(=O)c2cc(Cl)ccc2OCCNC(=O)C1. The van der Waals surface area contributed by atoms with E-state index < -0.39 is 10.0 Å². The third-order valence-corrected chi connectivity index (χ3v) is 5.36. The molecule has 0 spiro atoms. The Morgan fingerprint density at radius 2 is 2.00 bits per heavy atom. The molecule has 0 saturated heterocycles. The third-order valence-electron chi connectivity index (χ3n) is 4.27. The molecule has 30 heavy (non-hydrogen) atoms. The van der Waals surface area contributed by atoms with Crippen molar-refractivity contribution in [2.75, 3.05) is 38.5 Å². The second-order valence-corrected chi connectivity index (χ2v) is 8.90. The van der Waals surface area contributed by atoms with Gasteiger partial charge in [-0.3, -0.25) is 14.4 Å². The van der Waals surface area contributed by atoms with Crippen molar-refractivity contribution in [1.82, 2.24) is 15.5 Å². The van der Waals surface area contributed by atoms with E-state index in [1.165, 1.54) is 11.0 Å². The maximum absolute atomic E-state index is 12.5. The van der Waals surface area contributed by atoms with Gasteiger partial charge in [0.1, 0.15) is 12.4 Å². The number of fused-ring (bicyclic) bond motifs is 1. The van der Waals surface area contributed by atoms with Crippen molar-refractivity contribution in [3.05, 3.63) is 28.8 Å². The van der Waals surface area contributed by atoms with Gasteiger partial charge in [-0.1, -0.05) is 11.6 Å². The number of hydrogen-bond donors (Lipinski definition) is 3. The van der Waals surface area contributed by atoms with E-state index in [1.54, 1.807) is 12.1 Å². The molecule has 1 heterocycles. The van der Waals surface area contributed by atoms with Crippen molar-refractivity contribution in [1.29, 1.82) is 0 Å². The first-order valence-corrected chi connectivity index (χ1v) is 11.5. The maximum atomic E-state index is 12.5. The predicted octanol–water partition coefficient (Wildman–Crippen LogP) is -0.134. The minimum atomic E-state index is -3.66. The number of nitrogens with two attached hydrogens (primary N) is 1. The highest BCUT2D eigenvalue weighted by molar-refractivity contribution is 7.89. The quantitative estimate of drug-likeness (QED) is 0.569. The summed E-state index contributed by atoms with van der Waals surface area (Å²) in [6, 6.07) is 4.69. The Hall–Kier alpha value is -2.37. The van der Waals surface area contributed by atoms with Crippen LogP contribution in [0.5, 0.6) is 5.75 Å². The van der Waals surface area contributed by atoms with Gasteiger partial charge in [-0.25, -0.2) is 13.6 Å². The molecule has 1 aliphatic heterocycles. The molecule has 12 heteroatoms. The van der Waals surface area contributed by atoms with Crippen LogP contribution in [-0.4, -0.2) is 69.6 Å². The number of nitrogens with zero attached hydrogens (tertiary/aromatic N) is 1. The molecule has 3 amide bonds. The van der Waals surface area contributed by atoms with E-state index >= 15 is 0 Å². The molecule has 4 N–H and O–H groups in total. The number of nitrogens with one attached hydrogen (secondary N) is 2. The van der Waals surface area contributed by atoms with Crippen LogP contribution >= 0.6 is 11.6 Å². The number of amides is 3. The van der Waals surface area contributed by atoms with Crippen LogP contribution in [0, 0.1) is 0 Å². The molecule has 2 rings (SSSR count). The normalized spacial score (nSPS) is 16.5. The second-order valence-electron chi connectivity index (χ2n) is 6.73. The van der Waals surface area contributed by atoms with Crippen LogP contribution in [0.4, 0.5) is 0 Å². The van der Waals surface area contributed by atoms with Crippen molar-refractivity contribution in [2.24, 2.45) is 5.14 Å². The Bertz CT molecular complexity index is 893. The topological polar surface area (TPSA) is 148 Å². The highest BCUT2D eigenvalue weighted by Crippen LogP contribution is 2.23. The zero-order valence-electron chi connectivity index (χ0n) is 16.4.